The Bertz CT molecular complexity index is 483. The van der Waals surface area contributed by atoms with E-state index in [1.807, 2.05) is 24.3 Å². The van der Waals surface area contributed by atoms with Gasteiger partial charge >= 0.3 is 0 Å². The van der Waals surface area contributed by atoms with Gasteiger partial charge in [0.15, 0.2) is 5.78 Å². The Morgan fingerprint density at radius 3 is 2.71 bits per heavy atom. The summed E-state index contributed by atoms with van der Waals surface area (Å²) >= 11 is 0. The SMILES string of the molecule is CCC(C)(C(=O)Cc1cccc(OC)c1)N1CCOCC1. The molecular weight excluding hydrogens is 266 g/mol. The number of methoxy groups -OCH3 is 1. The molecule has 0 radical (unpaired) electrons. The molecule has 4 heteroatoms. The minimum atomic E-state index is -0.410. The molecular formula is C17H25NO3. The Labute approximate surface area is 127 Å². The van der Waals surface area contributed by atoms with E-state index >= 15 is 0 Å². The number of hydrogen-bond acceptors (Lipinski definition) is 4. The first-order chi connectivity index (χ1) is 10.1. The van der Waals surface area contributed by atoms with Crippen LogP contribution in [0.15, 0.2) is 24.3 Å². The molecule has 1 fully saturated rings. The number of carbonyl (C=O) groups is 1. The fourth-order valence-corrected chi connectivity index (χ4v) is 2.81. The third-order valence-corrected chi connectivity index (χ3v) is 4.50. The van der Waals surface area contributed by atoms with E-state index in [1.165, 1.54) is 0 Å². The fraction of sp³-hybridized carbons (Fsp3) is 0.588. The quantitative estimate of drug-likeness (QED) is 0.806. The Balaban J connectivity index is 2.11. The lowest BCUT2D eigenvalue weighted by Crippen LogP contribution is -2.56. The number of benzene rings is 1. The lowest BCUT2D eigenvalue weighted by molar-refractivity contribution is -0.133. The largest absolute Gasteiger partial charge is 0.497 e. The summed E-state index contributed by atoms with van der Waals surface area (Å²) in [7, 11) is 1.64. The molecule has 1 aromatic carbocycles. The molecule has 1 heterocycles. The van der Waals surface area contributed by atoms with Gasteiger partial charge in [-0.15, -0.1) is 0 Å². The molecule has 0 N–H and O–H groups in total. The number of hydrogen-bond donors (Lipinski definition) is 0. The van der Waals surface area contributed by atoms with Gasteiger partial charge in [0.05, 0.1) is 25.9 Å². The summed E-state index contributed by atoms with van der Waals surface area (Å²) in [5.74, 6) is 1.06. The van der Waals surface area contributed by atoms with Crippen LogP contribution < -0.4 is 4.74 Å². The monoisotopic (exact) mass is 291 g/mol. The van der Waals surface area contributed by atoms with Crippen LogP contribution in [-0.4, -0.2) is 49.6 Å². The second-order valence-corrected chi connectivity index (χ2v) is 5.68. The summed E-state index contributed by atoms with van der Waals surface area (Å²) in [4.78, 5) is 15.1. The van der Waals surface area contributed by atoms with Crippen LogP contribution in [0.25, 0.3) is 0 Å². The van der Waals surface area contributed by atoms with Gasteiger partial charge in [-0.1, -0.05) is 19.1 Å². The molecule has 1 aliphatic heterocycles. The van der Waals surface area contributed by atoms with Crippen LogP contribution in [0.5, 0.6) is 5.75 Å². The van der Waals surface area contributed by atoms with Crippen molar-refractivity contribution in [2.24, 2.45) is 0 Å². The van der Waals surface area contributed by atoms with Crippen molar-refractivity contribution in [3.05, 3.63) is 29.8 Å². The topological polar surface area (TPSA) is 38.8 Å². The summed E-state index contributed by atoms with van der Waals surface area (Å²) < 4.78 is 10.6. The Hall–Kier alpha value is -1.39. The van der Waals surface area contributed by atoms with Gasteiger partial charge in [-0.3, -0.25) is 9.69 Å². The number of Topliss-reactive ketones (excluding diaryl/α,β-unsaturated/α-hetero) is 1. The van der Waals surface area contributed by atoms with E-state index in [0.29, 0.717) is 19.6 Å². The second-order valence-electron chi connectivity index (χ2n) is 5.68. The predicted octanol–water partition coefficient (Wildman–Crippen LogP) is 2.31. The number of ether oxygens (including phenoxy) is 2. The van der Waals surface area contributed by atoms with Crippen molar-refractivity contribution in [2.45, 2.75) is 32.2 Å². The smallest absolute Gasteiger partial charge is 0.157 e. The molecule has 0 aliphatic carbocycles. The van der Waals surface area contributed by atoms with E-state index in [0.717, 1.165) is 30.8 Å². The zero-order valence-corrected chi connectivity index (χ0v) is 13.2. The average molecular weight is 291 g/mol. The van der Waals surface area contributed by atoms with E-state index < -0.39 is 5.54 Å². The van der Waals surface area contributed by atoms with Crippen LogP contribution in [0.2, 0.25) is 0 Å². The summed E-state index contributed by atoms with van der Waals surface area (Å²) in [6, 6.07) is 7.75. The van der Waals surface area contributed by atoms with Crippen molar-refractivity contribution in [3.63, 3.8) is 0 Å². The summed E-state index contributed by atoms with van der Waals surface area (Å²) in [6.07, 6.45) is 1.26. The molecule has 116 valence electrons. The Morgan fingerprint density at radius 2 is 2.10 bits per heavy atom. The number of rotatable bonds is 6. The van der Waals surface area contributed by atoms with Gasteiger partial charge in [-0.05, 0) is 31.0 Å². The van der Waals surface area contributed by atoms with E-state index in [9.17, 15) is 4.79 Å². The van der Waals surface area contributed by atoms with Crippen molar-refractivity contribution in [1.82, 2.24) is 4.90 Å². The number of nitrogens with zero attached hydrogens (tertiary/aromatic N) is 1. The van der Waals surface area contributed by atoms with E-state index in [2.05, 4.69) is 18.7 Å². The molecule has 4 nitrogen and oxygen atoms in total. The van der Waals surface area contributed by atoms with Gasteiger partial charge < -0.3 is 9.47 Å². The van der Waals surface area contributed by atoms with Crippen molar-refractivity contribution in [1.29, 1.82) is 0 Å². The van der Waals surface area contributed by atoms with Crippen LogP contribution in [0.1, 0.15) is 25.8 Å². The molecule has 0 bridgehead atoms. The minimum absolute atomic E-state index is 0.264. The minimum Gasteiger partial charge on any atom is -0.497 e. The molecule has 1 saturated heterocycles. The van der Waals surface area contributed by atoms with Gasteiger partial charge in [0, 0.05) is 19.5 Å². The summed E-state index contributed by atoms with van der Waals surface area (Å²) in [6.45, 7) is 7.21. The van der Waals surface area contributed by atoms with Crippen molar-refractivity contribution >= 4 is 5.78 Å². The third-order valence-electron chi connectivity index (χ3n) is 4.50. The van der Waals surface area contributed by atoms with E-state index in [4.69, 9.17) is 9.47 Å². The summed E-state index contributed by atoms with van der Waals surface area (Å²) in [5.41, 5.74) is 0.597. The highest BCUT2D eigenvalue weighted by atomic mass is 16.5. The fourth-order valence-electron chi connectivity index (χ4n) is 2.81. The maximum Gasteiger partial charge on any atom is 0.157 e. The summed E-state index contributed by atoms with van der Waals surface area (Å²) in [5, 5.41) is 0. The normalized spacial score (nSPS) is 19.0. The highest BCUT2D eigenvalue weighted by Gasteiger charge is 2.37. The first-order valence-electron chi connectivity index (χ1n) is 7.59. The van der Waals surface area contributed by atoms with Crippen LogP contribution in [0.4, 0.5) is 0 Å². The zero-order chi connectivity index (χ0) is 15.3. The maximum atomic E-state index is 12.8. The zero-order valence-electron chi connectivity index (χ0n) is 13.2. The number of ketones is 1. The Kier molecular flexibility index (Phi) is 5.37. The average Bonchev–Trinajstić information content (AvgIpc) is 2.55. The van der Waals surface area contributed by atoms with Crippen LogP contribution >= 0.6 is 0 Å². The molecule has 0 aromatic heterocycles. The molecule has 2 rings (SSSR count). The lowest BCUT2D eigenvalue weighted by Gasteiger charge is -2.41. The van der Waals surface area contributed by atoms with Gasteiger partial charge in [0.1, 0.15) is 5.75 Å². The van der Waals surface area contributed by atoms with Gasteiger partial charge in [0.25, 0.3) is 0 Å². The van der Waals surface area contributed by atoms with Gasteiger partial charge in [-0.2, -0.15) is 0 Å². The Morgan fingerprint density at radius 1 is 1.38 bits per heavy atom. The molecule has 0 amide bonds. The predicted molar refractivity (Wildman–Crippen MR) is 82.8 cm³/mol. The highest BCUT2D eigenvalue weighted by Crippen LogP contribution is 2.24. The molecule has 0 spiro atoms. The molecule has 21 heavy (non-hydrogen) atoms. The van der Waals surface area contributed by atoms with Crippen LogP contribution in [0.3, 0.4) is 0 Å². The standard InChI is InChI=1S/C17H25NO3/c1-4-17(2,18-8-10-21-11-9-18)16(19)13-14-6-5-7-15(12-14)20-3/h5-7,12H,4,8-11,13H2,1-3H3. The molecule has 1 unspecified atom stereocenters. The number of morpholine rings is 1. The van der Waals surface area contributed by atoms with E-state index in [-0.39, 0.29) is 5.78 Å². The molecule has 1 aliphatic rings. The van der Waals surface area contributed by atoms with Crippen LogP contribution in [-0.2, 0) is 16.0 Å². The number of carbonyl (C=O) groups excluding carboxylic acids is 1. The third kappa shape index (κ3) is 3.63. The molecule has 1 aromatic rings. The van der Waals surface area contributed by atoms with E-state index in [1.54, 1.807) is 7.11 Å². The molecule has 1 atom stereocenters. The van der Waals surface area contributed by atoms with Gasteiger partial charge in [0.2, 0.25) is 0 Å². The second kappa shape index (κ2) is 7.05. The first-order valence-corrected chi connectivity index (χ1v) is 7.59. The van der Waals surface area contributed by atoms with Crippen molar-refractivity contribution < 1.29 is 14.3 Å². The van der Waals surface area contributed by atoms with Gasteiger partial charge in [-0.25, -0.2) is 0 Å². The lowest BCUT2D eigenvalue weighted by atomic mass is 9.87. The van der Waals surface area contributed by atoms with Crippen LogP contribution in [0, 0.1) is 0 Å². The first kappa shape index (κ1) is 16.0. The maximum absolute atomic E-state index is 12.8. The molecule has 0 saturated carbocycles. The highest BCUT2D eigenvalue weighted by molar-refractivity contribution is 5.89. The van der Waals surface area contributed by atoms with Crippen molar-refractivity contribution in [2.75, 3.05) is 33.4 Å². The van der Waals surface area contributed by atoms with Crippen molar-refractivity contribution in [3.8, 4) is 5.75 Å².